The van der Waals surface area contributed by atoms with Crippen LogP contribution in [0.3, 0.4) is 0 Å². The van der Waals surface area contributed by atoms with Crippen LogP contribution < -0.4 is 5.32 Å². The molecule has 124 valence electrons. The fourth-order valence-corrected chi connectivity index (χ4v) is 3.46. The molecule has 3 fully saturated rings. The van der Waals surface area contributed by atoms with Crippen LogP contribution in [0.25, 0.3) is 0 Å². The average molecular weight is 320 g/mol. The lowest BCUT2D eigenvalue weighted by molar-refractivity contribution is -0.143. The molecule has 1 aromatic rings. The Morgan fingerprint density at radius 2 is 1.96 bits per heavy atom. The summed E-state index contributed by atoms with van der Waals surface area (Å²) in [5.41, 5.74) is 0.963. The minimum absolute atomic E-state index is 0.0509. The monoisotopic (exact) mass is 320 g/mol. The van der Waals surface area contributed by atoms with Gasteiger partial charge >= 0.3 is 6.03 Å². The maximum Gasteiger partial charge on any atom is 0.318 e. The Morgan fingerprint density at radius 3 is 2.61 bits per heavy atom. The summed E-state index contributed by atoms with van der Waals surface area (Å²) in [6, 6.07) is 6.26. The number of halogens is 1. The molecule has 3 aliphatic rings. The van der Waals surface area contributed by atoms with E-state index in [1.807, 2.05) is 0 Å². The number of hydrogen-bond acceptors (Lipinski definition) is 3. The van der Waals surface area contributed by atoms with Crippen LogP contribution in [-0.4, -0.2) is 43.0 Å². The Balaban J connectivity index is 1.43. The van der Waals surface area contributed by atoms with E-state index in [4.69, 9.17) is 9.47 Å². The zero-order valence-corrected chi connectivity index (χ0v) is 13.0. The summed E-state index contributed by atoms with van der Waals surface area (Å²) in [5.74, 6) is -0.408. The first-order chi connectivity index (χ1) is 11.2. The molecule has 2 heterocycles. The molecule has 1 saturated carbocycles. The van der Waals surface area contributed by atoms with E-state index in [0.29, 0.717) is 38.6 Å². The minimum atomic E-state index is -0.595. The van der Waals surface area contributed by atoms with Crippen molar-refractivity contribution >= 4 is 6.03 Å². The second kappa shape index (κ2) is 5.76. The van der Waals surface area contributed by atoms with Crippen LogP contribution in [0.4, 0.5) is 9.18 Å². The number of nitrogens with one attached hydrogen (secondary N) is 1. The maximum atomic E-state index is 13.1. The zero-order valence-electron chi connectivity index (χ0n) is 13.0. The number of ether oxygens (including phenoxy) is 2. The Labute approximate surface area is 134 Å². The van der Waals surface area contributed by atoms with Crippen molar-refractivity contribution < 1.29 is 18.7 Å². The molecule has 4 rings (SSSR count). The van der Waals surface area contributed by atoms with Crippen LogP contribution in [0.2, 0.25) is 0 Å². The van der Waals surface area contributed by atoms with Gasteiger partial charge in [-0.1, -0.05) is 12.1 Å². The van der Waals surface area contributed by atoms with Gasteiger partial charge in [0.25, 0.3) is 0 Å². The van der Waals surface area contributed by atoms with Gasteiger partial charge in [0.1, 0.15) is 5.82 Å². The van der Waals surface area contributed by atoms with Crippen molar-refractivity contribution in [2.45, 2.75) is 31.1 Å². The standard InChI is InChI=1S/C17H21FN2O3/c18-14-5-3-13(4-6-14)15(12-1-2-12)19-16(21)20-8-7-17(11-20)22-9-10-23-17/h3-6,12,15H,1-2,7-11H2,(H,19,21)/t15-/m0/s1. The van der Waals surface area contributed by atoms with E-state index in [9.17, 15) is 9.18 Å². The molecular weight excluding hydrogens is 299 g/mol. The predicted molar refractivity (Wildman–Crippen MR) is 81.2 cm³/mol. The average Bonchev–Trinajstić information content (AvgIpc) is 3.16. The molecule has 0 radical (unpaired) electrons. The van der Waals surface area contributed by atoms with E-state index in [0.717, 1.165) is 18.4 Å². The summed E-state index contributed by atoms with van der Waals surface area (Å²) in [7, 11) is 0. The second-order valence-electron chi connectivity index (χ2n) is 6.60. The molecule has 1 spiro atoms. The largest absolute Gasteiger partial charge is 0.346 e. The van der Waals surface area contributed by atoms with Gasteiger partial charge in [0, 0.05) is 13.0 Å². The van der Waals surface area contributed by atoms with E-state index in [1.54, 1.807) is 17.0 Å². The Bertz CT molecular complexity index is 582. The van der Waals surface area contributed by atoms with Crippen LogP contribution in [0.15, 0.2) is 24.3 Å². The zero-order chi connectivity index (χ0) is 15.9. The summed E-state index contributed by atoms with van der Waals surface area (Å²) in [5, 5.41) is 3.12. The highest BCUT2D eigenvalue weighted by atomic mass is 19.1. The molecule has 1 atom stereocenters. The number of hydrogen-bond donors (Lipinski definition) is 1. The van der Waals surface area contributed by atoms with Crippen molar-refractivity contribution in [3.8, 4) is 0 Å². The number of carbonyl (C=O) groups excluding carboxylic acids is 1. The first kappa shape index (κ1) is 14.9. The smallest absolute Gasteiger partial charge is 0.318 e. The molecule has 1 aliphatic carbocycles. The highest BCUT2D eigenvalue weighted by molar-refractivity contribution is 5.75. The van der Waals surface area contributed by atoms with E-state index >= 15 is 0 Å². The molecule has 2 amide bonds. The van der Waals surface area contributed by atoms with Crippen molar-refractivity contribution in [1.82, 2.24) is 10.2 Å². The SMILES string of the molecule is O=C(N[C@H](c1ccc(F)cc1)C1CC1)N1CCC2(C1)OCCO2. The van der Waals surface area contributed by atoms with Crippen molar-refractivity contribution in [1.29, 1.82) is 0 Å². The molecule has 6 heteroatoms. The van der Waals surface area contributed by atoms with Crippen molar-refractivity contribution in [3.63, 3.8) is 0 Å². The third-order valence-corrected chi connectivity index (χ3v) is 4.90. The third kappa shape index (κ3) is 3.05. The van der Waals surface area contributed by atoms with Crippen molar-refractivity contribution in [2.24, 2.45) is 5.92 Å². The lowest BCUT2D eigenvalue weighted by Crippen LogP contribution is -2.43. The fourth-order valence-electron chi connectivity index (χ4n) is 3.46. The highest BCUT2D eigenvalue weighted by Gasteiger charge is 2.45. The van der Waals surface area contributed by atoms with Gasteiger partial charge in [-0.15, -0.1) is 0 Å². The topological polar surface area (TPSA) is 50.8 Å². The van der Waals surface area contributed by atoms with Crippen LogP contribution in [-0.2, 0) is 9.47 Å². The Kier molecular flexibility index (Phi) is 3.73. The number of nitrogens with zero attached hydrogens (tertiary/aromatic N) is 1. The molecule has 0 unspecified atom stereocenters. The molecule has 5 nitrogen and oxygen atoms in total. The lowest BCUT2D eigenvalue weighted by Gasteiger charge is -2.25. The first-order valence-corrected chi connectivity index (χ1v) is 8.24. The fraction of sp³-hybridized carbons (Fsp3) is 0.588. The molecule has 2 aliphatic heterocycles. The maximum absolute atomic E-state index is 13.1. The van der Waals surface area contributed by atoms with E-state index in [2.05, 4.69) is 5.32 Å². The first-order valence-electron chi connectivity index (χ1n) is 8.24. The minimum Gasteiger partial charge on any atom is -0.346 e. The van der Waals surface area contributed by atoms with Gasteiger partial charge in [-0.25, -0.2) is 9.18 Å². The van der Waals surface area contributed by atoms with Gasteiger partial charge in [-0.3, -0.25) is 0 Å². The Hall–Kier alpha value is -1.66. The van der Waals surface area contributed by atoms with E-state index in [-0.39, 0.29) is 17.9 Å². The number of amides is 2. The molecular formula is C17H21FN2O3. The van der Waals surface area contributed by atoms with Crippen LogP contribution in [0.1, 0.15) is 30.9 Å². The summed E-state index contributed by atoms with van der Waals surface area (Å²) >= 11 is 0. The van der Waals surface area contributed by atoms with Gasteiger partial charge in [0.05, 0.1) is 25.8 Å². The van der Waals surface area contributed by atoms with Gasteiger partial charge in [-0.05, 0) is 36.5 Å². The molecule has 2 saturated heterocycles. The molecule has 0 aromatic heterocycles. The number of benzene rings is 1. The number of carbonyl (C=O) groups is 1. The van der Waals surface area contributed by atoms with Gasteiger partial charge < -0.3 is 19.7 Å². The Morgan fingerprint density at radius 1 is 1.26 bits per heavy atom. The molecule has 0 bridgehead atoms. The number of rotatable bonds is 3. The van der Waals surface area contributed by atoms with Crippen LogP contribution in [0, 0.1) is 11.7 Å². The van der Waals surface area contributed by atoms with Crippen LogP contribution >= 0.6 is 0 Å². The summed E-state index contributed by atoms with van der Waals surface area (Å²) in [6.45, 7) is 2.29. The van der Waals surface area contributed by atoms with Crippen molar-refractivity contribution in [2.75, 3.05) is 26.3 Å². The lowest BCUT2D eigenvalue weighted by atomic mass is 10.0. The van der Waals surface area contributed by atoms with Gasteiger partial charge in [0.15, 0.2) is 5.79 Å². The normalized spacial score (nSPS) is 24.1. The van der Waals surface area contributed by atoms with Crippen LogP contribution in [0.5, 0.6) is 0 Å². The molecule has 23 heavy (non-hydrogen) atoms. The number of urea groups is 1. The number of likely N-dealkylation sites (tertiary alicyclic amines) is 1. The van der Waals surface area contributed by atoms with E-state index < -0.39 is 5.79 Å². The van der Waals surface area contributed by atoms with Gasteiger partial charge in [0.2, 0.25) is 0 Å². The van der Waals surface area contributed by atoms with Crippen molar-refractivity contribution in [3.05, 3.63) is 35.6 Å². The summed E-state index contributed by atoms with van der Waals surface area (Å²) < 4.78 is 24.4. The highest BCUT2D eigenvalue weighted by Crippen LogP contribution is 2.41. The summed E-state index contributed by atoms with van der Waals surface area (Å²) in [6.07, 6.45) is 2.90. The molecule has 1 N–H and O–H groups in total. The third-order valence-electron chi connectivity index (χ3n) is 4.90. The second-order valence-corrected chi connectivity index (χ2v) is 6.60. The quantitative estimate of drug-likeness (QED) is 0.930. The molecule has 1 aromatic carbocycles. The predicted octanol–water partition coefficient (Wildman–Crippen LogP) is 2.44. The summed E-state index contributed by atoms with van der Waals surface area (Å²) in [4.78, 5) is 14.4. The van der Waals surface area contributed by atoms with Gasteiger partial charge in [-0.2, -0.15) is 0 Å². The van der Waals surface area contributed by atoms with E-state index in [1.165, 1.54) is 12.1 Å².